The van der Waals surface area contributed by atoms with Crippen molar-refractivity contribution in [3.63, 3.8) is 0 Å². The third-order valence-electron chi connectivity index (χ3n) is 3.32. The van der Waals surface area contributed by atoms with E-state index in [1.807, 2.05) is 0 Å². The maximum absolute atomic E-state index is 2.31. The smallest absolute Gasteiger partial charge is 0.0237 e. The van der Waals surface area contributed by atoms with E-state index < -0.39 is 0 Å². The lowest BCUT2D eigenvalue weighted by molar-refractivity contribution is 0.624. The van der Waals surface area contributed by atoms with Crippen LogP contribution < -0.4 is 0 Å². The van der Waals surface area contributed by atoms with Gasteiger partial charge in [0.2, 0.25) is 0 Å². The first-order valence-corrected chi connectivity index (χ1v) is 7.95. The van der Waals surface area contributed by atoms with Crippen LogP contribution in [-0.2, 0) is 0 Å². The zero-order valence-electron chi connectivity index (χ0n) is 9.86. The Morgan fingerprint density at radius 1 is 0.929 bits per heavy atom. The summed E-state index contributed by atoms with van der Waals surface area (Å²) in [5, 5.41) is 0. The van der Waals surface area contributed by atoms with Gasteiger partial charge in [0, 0.05) is 0 Å². The van der Waals surface area contributed by atoms with Crippen molar-refractivity contribution in [3.8, 4) is 0 Å². The maximum atomic E-state index is 2.31. The van der Waals surface area contributed by atoms with Crippen molar-refractivity contribution >= 4 is 8.58 Å². The second-order valence-corrected chi connectivity index (χ2v) is 6.43. The molecule has 0 N–H and O–H groups in total. The summed E-state index contributed by atoms with van der Waals surface area (Å²) in [4.78, 5) is 0. The molecule has 14 heavy (non-hydrogen) atoms. The molecule has 0 aromatic carbocycles. The van der Waals surface area contributed by atoms with Gasteiger partial charge in [-0.15, -0.1) is 8.58 Å². The predicted octanol–water partition coefficient (Wildman–Crippen LogP) is 4.97. The molecule has 1 aliphatic carbocycles. The van der Waals surface area contributed by atoms with Gasteiger partial charge >= 0.3 is 0 Å². The Labute approximate surface area is 92.0 Å². The summed E-state index contributed by atoms with van der Waals surface area (Å²) in [7, 11) is 1.28. The van der Waals surface area contributed by atoms with Crippen LogP contribution >= 0.6 is 8.58 Å². The largest absolute Gasteiger partial charge is 0.119 e. The van der Waals surface area contributed by atoms with Crippen molar-refractivity contribution < 1.29 is 0 Å². The standard InChI is InChI=1S/C13H27P/c1-2-3-12-14-13-10-8-6-4-5-7-9-11-13/h13-14H,2-12H2,1H3. The topological polar surface area (TPSA) is 0 Å². The van der Waals surface area contributed by atoms with Gasteiger partial charge in [0.25, 0.3) is 0 Å². The summed E-state index contributed by atoms with van der Waals surface area (Å²) in [6, 6.07) is 0. The van der Waals surface area contributed by atoms with E-state index >= 15 is 0 Å². The minimum atomic E-state index is 1.11. The molecule has 0 amide bonds. The zero-order chi connectivity index (χ0) is 10.1. The van der Waals surface area contributed by atoms with Crippen LogP contribution in [0.2, 0.25) is 0 Å². The monoisotopic (exact) mass is 214 g/mol. The average molecular weight is 214 g/mol. The fraction of sp³-hybridized carbons (Fsp3) is 1.00. The SMILES string of the molecule is CCCCPC1CCCCCCCC1. The molecule has 0 bridgehead atoms. The number of unbranched alkanes of at least 4 members (excludes halogenated alkanes) is 1. The molecule has 0 radical (unpaired) electrons. The molecule has 0 saturated heterocycles. The van der Waals surface area contributed by atoms with E-state index in [1.54, 1.807) is 12.8 Å². The van der Waals surface area contributed by atoms with E-state index in [0.29, 0.717) is 0 Å². The van der Waals surface area contributed by atoms with Crippen LogP contribution in [0.15, 0.2) is 0 Å². The van der Waals surface area contributed by atoms with Crippen molar-refractivity contribution in [3.05, 3.63) is 0 Å². The number of hydrogen-bond donors (Lipinski definition) is 0. The molecule has 0 nitrogen and oxygen atoms in total. The Balaban J connectivity index is 2.12. The van der Waals surface area contributed by atoms with Gasteiger partial charge in [-0.1, -0.05) is 51.9 Å². The molecule has 0 aliphatic heterocycles. The Hall–Kier alpha value is 0.430. The van der Waals surface area contributed by atoms with Crippen LogP contribution in [0.25, 0.3) is 0 Å². The average Bonchev–Trinajstić information content (AvgIpc) is 2.32. The zero-order valence-corrected chi connectivity index (χ0v) is 10.9. The molecule has 1 unspecified atom stereocenters. The summed E-state index contributed by atoms with van der Waals surface area (Å²) in [5.41, 5.74) is 1.11. The molecular formula is C13H27P. The Morgan fingerprint density at radius 2 is 1.50 bits per heavy atom. The normalized spacial score (nSPS) is 22.1. The molecule has 1 rings (SSSR count). The molecule has 0 spiro atoms. The molecule has 1 heteroatoms. The third-order valence-corrected chi connectivity index (χ3v) is 5.12. The number of hydrogen-bond acceptors (Lipinski definition) is 0. The molecule has 1 saturated carbocycles. The first kappa shape index (κ1) is 12.5. The summed E-state index contributed by atoms with van der Waals surface area (Å²) >= 11 is 0. The van der Waals surface area contributed by atoms with Crippen molar-refractivity contribution in [1.29, 1.82) is 0 Å². The molecule has 1 aliphatic rings. The molecule has 1 atom stereocenters. The summed E-state index contributed by atoms with van der Waals surface area (Å²) in [5.74, 6) is 0. The van der Waals surface area contributed by atoms with Crippen LogP contribution in [0.5, 0.6) is 0 Å². The van der Waals surface area contributed by atoms with Gasteiger partial charge < -0.3 is 0 Å². The van der Waals surface area contributed by atoms with Crippen LogP contribution in [-0.4, -0.2) is 11.8 Å². The third kappa shape index (κ3) is 6.02. The number of rotatable bonds is 4. The van der Waals surface area contributed by atoms with Crippen molar-refractivity contribution in [2.24, 2.45) is 0 Å². The molecular weight excluding hydrogens is 187 g/mol. The Morgan fingerprint density at radius 3 is 2.07 bits per heavy atom. The van der Waals surface area contributed by atoms with E-state index in [9.17, 15) is 0 Å². The summed E-state index contributed by atoms with van der Waals surface area (Å²) in [6.07, 6.45) is 16.5. The van der Waals surface area contributed by atoms with Gasteiger partial charge in [0.1, 0.15) is 0 Å². The highest BCUT2D eigenvalue weighted by Crippen LogP contribution is 2.31. The lowest BCUT2D eigenvalue weighted by Gasteiger charge is -2.15. The van der Waals surface area contributed by atoms with Gasteiger partial charge in [-0.3, -0.25) is 0 Å². The second kappa shape index (κ2) is 8.72. The second-order valence-electron chi connectivity index (χ2n) is 4.70. The first-order valence-electron chi connectivity index (χ1n) is 6.67. The lowest BCUT2D eigenvalue weighted by Crippen LogP contribution is -2.01. The van der Waals surface area contributed by atoms with Crippen LogP contribution in [0, 0.1) is 0 Å². The minimum absolute atomic E-state index is 1.11. The molecule has 0 heterocycles. The van der Waals surface area contributed by atoms with Crippen molar-refractivity contribution in [2.75, 3.05) is 6.16 Å². The van der Waals surface area contributed by atoms with Crippen molar-refractivity contribution in [1.82, 2.24) is 0 Å². The van der Waals surface area contributed by atoms with E-state index in [1.165, 1.54) is 66.1 Å². The summed E-state index contributed by atoms with van der Waals surface area (Å²) < 4.78 is 0. The highest BCUT2D eigenvalue weighted by molar-refractivity contribution is 7.38. The Bertz CT molecular complexity index is 112. The van der Waals surface area contributed by atoms with E-state index in [4.69, 9.17) is 0 Å². The van der Waals surface area contributed by atoms with Gasteiger partial charge in [-0.25, -0.2) is 0 Å². The fourth-order valence-corrected chi connectivity index (χ4v) is 4.10. The molecule has 0 aromatic heterocycles. The highest BCUT2D eigenvalue weighted by Gasteiger charge is 2.09. The van der Waals surface area contributed by atoms with Crippen molar-refractivity contribution in [2.45, 2.75) is 76.8 Å². The van der Waals surface area contributed by atoms with Gasteiger partial charge in [-0.05, 0) is 31.1 Å². The fourth-order valence-electron chi connectivity index (χ4n) is 2.32. The van der Waals surface area contributed by atoms with Gasteiger partial charge in [0.15, 0.2) is 0 Å². The summed E-state index contributed by atoms with van der Waals surface area (Å²) in [6.45, 7) is 2.31. The van der Waals surface area contributed by atoms with Gasteiger partial charge in [-0.2, -0.15) is 0 Å². The quantitative estimate of drug-likeness (QED) is 0.458. The molecule has 1 fully saturated rings. The van der Waals surface area contributed by atoms with E-state index in [2.05, 4.69) is 6.92 Å². The Kier molecular flexibility index (Phi) is 7.78. The molecule has 0 aromatic rings. The predicted molar refractivity (Wildman–Crippen MR) is 68.8 cm³/mol. The van der Waals surface area contributed by atoms with Crippen LogP contribution in [0.4, 0.5) is 0 Å². The van der Waals surface area contributed by atoms with E-state index in [0.717, 1.165) is 5.66 Å². The van der Waals surface area contributed by atoms with Gasteiger partial charge in [0.05, 0.1) is 0 Å². The van der Waals surface area contributed by atoms with E-state index in [-0.39, 0.29) is 0 Å². The lowest BCUT2D eigenvalue weighted by atomic mass is 10.1. The van der Waals surface area contributed by atoms with Crippen LogP contribution in [0.3, 0.4) is 0 Å². The van der Waals surface area contributed by atoms with Crippen LogP contribution in [0.1, 0.15) is 71.1 Å². The minimum Gasteiger partial charge on any atom is -0.119 e. The first-order chi connectivity index (χ1) is 6.93. The highest BCUT2D eigenvalue weighted by atomic mass is 31.1. The molecule has 84 valence electrons. The maximum Gasteiger partial charge on any atom is -0.0237 e.